The third-order valence-electron chi connectivity index (χ3n) is 3.95. The lowest BCUT2D eigenvalue weighted by Gasteiger charge is -2.22. The van der Waals surface area contributed by atoms with Crippen molar-refractivity contribution < 1.29 is 14.6 Å². The van der Waals surface area contributed by atoms with Gasteiger partial charge in [0.2, 0.25) is 5.95 Å². The molecule has 0 spiro atoms. The highest BCUT2D eigenvalue weighted by molar-refractivity contribution is 5.88. The average molecular weight is 328 g/mol. The number of hydrogen-bond acceptors (Lipinski definition) is 6. The van der Waals surface area contributed by atoms with E-state index in [4.69, 9.17) is 9.84 Å². The van der Waals surface area contributed by atoms with Crippen LogP contribution in [0.4, 0.5) is 5.95 Å². The van der Waals surface area contributed by atoms with Gasteiger partial charge in [0.15, 0.2) is 0 Å². The fourth-order valence-corrected chi connectivity index (χ4v) is 2.67. The fraction of sp³-hybridized carbons (Fsp3) is 0.412. The van der Waals surface area contributed by atoms with Gasteiger partial charge >= 0.3 is 5.97 Å². The van der Waals surface area contributed by atoms with Crippen LogP contribution in [0.1, 0.15) is 36.0 Å². The maximum absolute atomic E-state index is 11.1. The summed E-state index contributed by atoms with van der Waals surface area (Å²) in [5, 5.41) is 12.3. The van der Waals surface area contributed by atoms with E-state index in [0.29, 0.717) is 23.4 Å². The minimum atomic E-state index is -0.987. The second kappa shape index (κ2) is 7.83. The second-order valence-electron chi connectivity index (χ2n) is 5.70. The lowest BCUT2D eigenvalue weighted by molar-refractivity contribution is 0.0134. The van der Waals surface area contributed by atoms with Crippen molar-refractivity contribution in [3.8, 4) is 11.4 Å². The maximum Gasteiger partial charge on any atom is 0.335 e. The van der Waals surface area contributed by atoms with E-state index < -0.39 is 5.97 Å². The Morgan fingerprint density at radius 3 is 2.92 bits per heavy atom. The van der Waals surface area contributed by atoms with Crippen molar-refractivity contribution in [2.24, 2.45) is 0 Å². The summed E-state index contributed by atoms with van der Waals surface area (Å²) in [4.78, 5) is 23.8. The SMILES string of the molecule is O=C(O)c1ccnc(-c2ccnc(NCC[C@@H]3CCCCO3)n2)c1. The first-order valence-electron chi connectivity index (χ1n) is 8.10. The number of nitrogens with zero attached hydrogens (tertiary/aromatic N) is 3. The summed E-state index contributed by atoms with van der Waals surface area (Å²) in [5.74, 6) is -0.482. The maximum atomic E-state index is 11.1. The molecule has 24 heavy (non-hydrogen) atoms. The summed E-state index contributed by atoms with van der Waals surface area (Å²) >= 11 is 0. The molecule has 7 heteroatoms. The molecular formula is C17H20N4O3. The van der Waals surface area contributed by atoms with Crippen molar-refractivity contribution in [1.82, 2.24) is 15.0 Å². The Balaban J connectivity index is 1.63. The van der Waals surface area contributed by atoms with E-state index in [1.54, 1.807) is 12.3 Å². The van der Waals surface area contributed by atoms with Crippen LogP contribution in [0, 0.1) is 0 Å². The van der Waals surface area contributed by atoms with Crippen LogP contribution in [-0.2, 0) is 4.74 Å². The van der Waals surface area contributed by atoms with Crippen LogP contribution in [0.2, 0.25) is 0 Å². The van der Waals surface area contributed by atoms with E-state index in [1.165, 1.54) is 24.8 Å². The average Bonchev–Trinajstić information content (AvgIpc) is 2.63. The molecule has 3 rings (SSSR count). The predicted octanol–water partition coefficient (Wildman–Crippen LogP) is 2.61. The highest BCUT2D eigenvalue weighted by atomic mass is 16.5. The zero-order chi connectivity index (χ0) is 16.8. The molecule has 1 saturated heterocycles. The van der Waals surface area contributed by atoms with Crippen molar-refractivity contribution in [3.63, 3.8) is 0 Å². The van der Waals surface area contributed by atoms with Crippen LogP contribution in [-0.4, -0.2) is 45.3 Å². The van der Waals surface area contributed by atoms with E-state index in [0.717, 1.165) is 32.4 Å². The number of carboxylic acids is 1. The third-order valence-corrected chi connectivity index (χ3v) is 3.95. The quantitative estimate of drug-likeness (QED) is 0.841. The zero-order valence-corrected chi connectivity index (χ0v) is 13.3. The van der Waals surface area contributed by atoms with Crippen molar-refractivity contribution in [2.45, 2.75) is 31.8 Å². The van der Waals surface area contributed by atoms with Crippen LogP contribution < -0.4 is 5.32 Å². The Bertz CT molecular complexity index is 702. The van der Waals surface area contributed by atoms with Crippen LogP contribution in [0.25, 0.3) is 11.4 Å². The first-order valence-corrected chi connectivity index (χ1v) is 8.10. The van der Waals surface area contributed by atoms with Crippen LogP contribution in [0.3, 0.4) is 0 Å². The zero-order valence-electron chi connectivity index (χ0n) is 13.3. The molecule has 2 N–H and O–H groups in total. The monoisotopic (exact) mass is 328 g/mol. The summed E-state index contributed by atoms with van der Waals surface area (Å²) in [6.45, 7) is 1.58. The summed E-state index contributed by atoms with van der Waals surface area (Å²) < 4.78 is 5.70. The second-order valence-corrected chi connectivity index (χ2v) is 5.70. The Kier molecular flexibility index (Phi) is 5.32. The van der Waals surface area contributed by atoms with Crippen molar-refractivity contribution >= 4 is 11.9 Å². The van der Waals surface area contributed by atoms with Gasteiger partial charge in [-0.05, 0) is 43.9 Å². The fourth-order valence-electron chi connectivity index (χ4n) is 2.67. The first-order chi connectivity index (χ1) is 11.7. The lowest BCUT2D eigenvalue weighted by Crippen LogP contribution is -2.22. The van der Waals surface area contributed by atoms with Crippen molar-refractivity contribution in [1.29, 1.82) is 0 Å². The van der Waals surface area contributed by atoms with Crippen molar-refractivity contribution in [3.05, 3.63) is 36.2 Å². The number of nitrogens with one attached hydrogen (secondary N) is 1. The summed E-state index contributed by atoms with van der Waals surface area (Å²) in [6.07, 6.45) is 7.81. The number of aromatic carboxylic acids is 1. The van der Waals surface area contributed by atoms with Crippen LogP contribution in [0.15, 0.2) is 30.6 Å². The Hall–Kier alpha value is -2.54. The lowest BCUT2D eigenvalue weighted by atomic mass is 10.1. The number of rotatable bonds is 6. The molecule has 3 heterocycles. The molecule has 1 aliphatic heterocycles. The number of carbonyl (C=O) groups is 1. The highest BCUT2D eigenvalue weighted by Crippen LogP contribution is 2.18. The standard InChI is InChI=1S/C17H20N4O3/c22-16(23)12-4-7-18-15(11-12)14-6-9-20-17(21-14)19-8-5-13-3-1-2-10-24-13/h4,6-7,9,11,13H,1-3,5,8,10H2,(H,22,23)(H,19,20,21)/t13-/m0/s1. The molecule has 0 saturated carbocycles. The van der Waals surface area contributed by atoms with Gasteiger partial charge in [0.25, 0.3) is 0 Å². The topological polar surface area (TPSA) is 97.2 Å². The van der Waals surface area contributed by atoms with Gasteiger partial charge in [0.05, 0.1) is 23.1 Å². The highest BCUT2D eigenvalue weighted by Gasteiger charge is 2.13. The molecule has 1 fully saturated rings. The number of ether oxygens (including phenoxy) is 1. The van der Waals surface area contributed by atoms with Gasteiger partial charge in [-0.25, -0.2) is 14.8 Å². The number of hydrogen-bond donors (Lipinski definition) is 2. The van der Waals surface area contributed by atoms with Gasteiger partial charge in [-0.2, -0.15) is 0 Å². The van der Waals surface area contributed by atoms with E-state index in [-0.39, 0.29) is 5.56 Å². The number of pyridine rings is 1. The molecule has 2 aromatic rings. The first kappa shape index (κ1) is 16.3. The van der Waals surface area contributed by atoms with Gasteiger partial charge < -0.3 is 15.2 Å². The number of carboxylic acid groups (broad SMARTS) is 1. The van der Waals surface area contributed by atoms with Gasteiger partial charge in [0.1, 0.15) is 0 Å². The largest absolute Gasteiger partial charge is 0.478 e. The Morgan fingerprint density at radius 2 is 2.12 bits per heavy atom. The van der Waals surface area contributed by atoms with Crippen LogP contribution >= 0.6 is 0 Å². The molecule has 0 amide bonds. The van der Waals surface area contributed by atoms with E-state index >= 15 is 0 Å². The predicted molar refractivity (Wildman–Crippen MR) is 88.9 cm³/mol. The van der Waals surface area contributed by atoms with Crippen molar-refractivity contribution in [2.75, 3.05) is 18.5 Å². The normalized spacial score (nSPS) is 17.4. The molecule has 0 bridgehead atoms. The third kappa shape index (κ3) is 4.26. The molecule has 7 nitrogen and oxygen atoms in total. The van der Waals surface area contributed by atoms with E-state index in [2.05, 4.69) is 20.3 Å². The molecule has 1 aliphatic rings. The van der Waals surface area contributed by atoms with Gasteiger partial charge in [-0.3, -0.25) is 4.98 Å². The number of anilines is 1. The molecular weight excluding hydrogens is 308 g/mol. The van der Waals surface area contributed by atoms with Gasteiger partial charge in [-0.1, -0.05) is 0 Å². The minimum Gasteiger partial charge on any atom is -0.478 e. The van der Waals surface area contributed by atoms with Gasteiger partial charge in [0, 0.05) is 25.5 Å². The van der Waals surface area contributed by atoms with Crippen LogP contribution in [0.5, 0.6) is 0 Å². The molecule has 126 valence electrons. The molecule has 1 atom stereocenters. The van der Waals surface area contributed by atoms with E-state index in [1.807, 2.05) is 0 Å². The van der Waals surface area contributed by atoms with Gasteiger partial charge in [-0.15, -0.1) is 0 Å². The Labute approximate surface area is 140 Å². The minimum absolute atomic E-state index is 0.183. The molecule has 0 radical (unpaired) electrons. The molecule has 0 aromatic carbocycles. The smallest absolute Gasteiger partial charge is 0.335 e. The Morgan fingerprint density at radius 1 is 1.25 bits per heavy atom. The molecule has 0 unspecified atom stereocenters. The summed E-state index contributed by atoms with van der Waals surface area (Å²) in [5.41, 5.74) is 1.28. The molecule has 2 aromatic heterocycles. The summed E-state index contributed by atoms with van der Waals surface area (Å²) in [6, 6.07) is 4.67. The molecule has 0 aliphatic carbocycles. The summed E-state index contributed by atoms with van der Waals surface area (Å²) in [7, 11) is 0. The van der Waals surface area contributed by atoms with E-state index in [9.17, 15) is 4.79 Å². The number of aromatic nitrogens is 3.